The Morgan fingerprint density at radius 3 is 2.72 bits per heavy atom. The molecular formula is C19H22N4O4S2. The monoisotopic (exact) mass is 434 g/mol. The van der Waals surface area contributed by atoms with Crippen LogP contribution in [0.2, 0.25) is 0 Å². The number of nitrogens with one attached hydrogen (secondary N) is 2. The van der Waals surface area contributed by atoms with Gasteiger partial charge < -0.3 is 9.73 Å². The number of hydrogen-bond acceptors (Lipinski definition) is 7. The van der Waals surface area contributed by atoms with Crippen LogP contribution in [0.3, 0.4) is 0 Å². The van der Waals surface area contributed by atoms with Crippen molar-refractivity contribution >= 4 is 38.7 Å². The fraction of sp³-hybridized carbons (Fsp3) is 0.421. The van der Waals surface area contributed by atoms with E-state index in [1.807, 2.05) is 6.07 Å². The maximum Gasteiger partial charge on any atom is 0.242 e. The normalized spacial score (nSPS) is 20.0. The van der Waals surface area contributed by atoms with E-state index in [1.54, 1.807) is 30.5 Å². The van der Waals surface area contributed by atoms with Gasteiger partial charge in [-0.3, -0.25) is 4.79 Å². The lowest BCUT2D eigenvalue weighted by Gasteiger charge is -2.27. The predicted octanol–water partition coefficient (Wildman–Crippen LogP) is 2.69. The minimum absolute atomic E-state index is 0.0307. The molecule has 1 aliphatic rings. The number of carbonyl (C=O) groups is 1. The third-order valence-electron chi connectivity index (χ3n) is 5.34. The molecule has 29 heavy (non-hydrogen) atoms. The van der Waals surface area contributed by atoms with Crippen LogP contribution in [-0.2, 0) is 21.4 Å². The molecule has 0 saturated heterocycles. The predicted molar refractivity (Wildman–Crippen MR) is 109 cm³/mol. The first-order chi connectivity index (χ1) is 14.0. The number of rotatable bonds is 7. The molecule has 1 aliphatic carbocycles. The van der Waals surface area contributed by atoms with Crippen molar-refractivity contribution in [3.8, 4) is 0 Å². The SMILES string of the molecule is O=C(NCc1ccco1)C1CCC(CNS(=O)(=O)c2cccc3nsnc23)CC1. The van der Waals surface area contributed by atoms with E-state index in [1.165, 1.54) is 0 Å². The van der Waals surface area contributed by atoms with Crippen LogP contribution in [0.25, 0.3) is 11.0 Å². The Hall–Kier alpha value is -2.30. The van der Waals surface area contributed by atoms with Crippen molar-refractivity contribution in [2.24, 2.45) is 11.8 Å². The van der Waals surface area contributed by atoms with E-state index in [0.717, 1.165) is 43.2 Å². The third-order valence-corrected chi connectivity index (χ3v) is 7.33. The Morgan fingerprint density at radius 2 is 1.97 bits per heavy atom. The molecule has 1 amide bonds. The van der Waals surface area contributed by atoms with Crippen molar-refractivity contribution in [2.75, 3.05) is 6.54 Å². The summed E-state index contributed by atoms with van der Waals surface area (Å²) >= 11 is 0.999. The van der Waals surface area contributed by atoms with Gasteiger partial charge in [-0.15, -0.1) is 0 Å². The highest BCUT2D eigenvalue weighted by molar-refractivity contribution is 7.89. The van der Waals surface area contributed by atoms with Crippen molar-refractivity contribution < 1.29 is 17.6 Å². The van der Waals surface area contributed by atoms with Crippen LogP contribution in [0.15, 0.2) is 45.9 Å². The average molecular weight is 435 g/mol. The Kier molecular flexibility index (Phi) is 5.93. The van der Waals surface area contributed by atoms with Gasteiger partial charge in [0.05, 0.1) is 24.5 Å². The molecule has 0 radical (unpaired) electrons. The van der Waals surface area contributed by atoms with Crippen LogP contribution in [0, 0.1) is 11.8 Å². The van der Waals surface area contributed by atoms with Crippen LogP contribution in [0.4, 0.5) is 0 Å². The molecule has 1 fully saturated rings. The van der Waals surface area contributed by atoms with Crippen molar-refractivity contribution in [3.05, 3.63) is 42.4 Å². The molecular weight excluding hydrogens is 412 g/mol. The molecule has 154 valence electrons. The number of benzene rings is 1. The number of aromatic nitrogens is 2. The second-order valence-electron chi connectivity index (χ2n) is 7.25. The second kappa shape index (κ2) is 8.60. The smallest absolute Gasteiger partial charge is 0.242 e. The summed E-state index contributed by atoms with van der Waals surface area (Å²) in [6, 6.07) is 8.58. The van der Waals surface area contributed by atoms with Crippen LogP contribution < -0.4 is 10.0 Å². The van der Waals surface area contributed by atoms with Crippen molar-refractivity contribution in [3.63, 3.8) is 0 Å². The molecule has 4 rings (SSSR count). The first kappa shape index (κ1) is 20.0. The summed E-state index contributed by atoms with van der Waals surface area (Å²) in [5, 5.41) is 2.91. The summed E-state index contributed by atoms with van der Waals surface area (Å²) in [6.07, 6.45) is 4.71. The topological polar surface area (TPSA) is 114 Å². The number of furan rings is 1. The van der Waals surface area contributed by atoms with Gasteiger partial charge in [0.15, 0.2) is 0 Å². The summed E-state index contributed by atoms with van der Waals surface area (Å²) < 4.78 is 41.6. The summed E-state index contributed by atoms with van der Waals surface area (Å²) in [4.78, 5) is 12.5. The highest BCUT2D eigenvalue weighted by atomic mass is 32.2. The molecule has 0 bridgehead atoms. The average Bonchev–Trinajstić information content (AvgIpc) is 3.42. The van der Waals surface area contributed by atoms with Crippen molar-refractivity contribution in [1.82, 2.24) is 18.8 Å². The summed E-state index contributed by atoms with van der Waals surface area (Å²) in [6.45, 7) is 0.750. The lowest BCUT2D eigenvalue weighted by Crippen LogP contribution is -2.36. The Bertz CT molecular complexity index is 1070. The molecule has 0 unspecified atom stereocenters. The number of carbonyl (C=O) groups excluding carboxylic acids is 1. The maximum atomic E-state index is 12.7. The molecule has 8 nitrogen and oxygen atoms in total. The molecule has 1 saturated carbocycles. The van der Waals surface area contributed by atoms with Gasteiger partial charge in [-0.1, -0.05) is 6.07 Å². The highest BCUT2D eigenvalue weighted by Gasteiger charge is 2.28. The molecule has 10 heteroatoms. The molecule has 0 aliphatic heterocycles. The van der Waals surface area contributed by atoms with E-state index in [-0.39, 0.29) is 22.6 Å². The van der Waals surface area contributed by atoms with E-state index < -0.39 is 10.0 Å². The van der Waals surface area contributed by atoms with E-state index in [9.17, 15) is 13.2 Å². The first-order valence-corrected chi connectivity index (χ1v) is 11.8. The lowest BCUT2D eigenvalue weighted by atomic mass is 9.81. The van der Waals surface area contributed by atoms with E-state index in [2.05, 4.69) is 18.8 Å². The minimum atomic E-state index is -3.66. The quantitative estimate of drug-likeness (QED) is 0.591. The number of hydrogen-bond donors (Lipinski definition) is 2. The maximum absolute atomic E-state index is 12.7. The molecule has 2 N–H and O–H groups in total. The van der Waals surface area contributed by atoms with Gasteiger partial charge >= 0.3 is 0 Å². The number of fused-ring (bicyclic) bond motifs is 1. The van der Waals surface area contributed by atoms with Gasteiger partial charge in [0, 0.05) is 12.5 Å². The van der Waals surface area contributed by atoms with Crippen LogP contribution in [0.5, 0.6) is 0 Å². The summed E-state index contributed by atoms with van der Waals surface area (Å²) in [7, 11) is -3.66. The first-order valence-electron chi connectivity index (χ1n) is 9.54. The number of nitrogens with zero attached hydrogens (tertiary/aromatic N) is 2. The van der Waals surface area contributed by atoms with Crippen LogP contribution in [-0.4, -0.2) is 29.6 Å². The third kappa shape index (κ3) is 4.65. The van der Waals surface area contributed by atoms with E-state index in [4.69, 9.17) is 4.42 Å². The van der Waals surface area contributed by atoms with Gasteiger partial charge in [-0.25, -0.2) is 13.1 Å². The molecule has 0 atom stereocenters. The zero-order chi connectivity index (χ0) is 20.3. The van der Waals surface area contributed by atoms with Crippen molar-refractivity contribution in [1.29, 1.82) is 0 Å². The fourth-order valence-corrected chi connectivity index (χ4v) is 5.54. The zero-order valence-corrected chi connectivity index (χ0v) is 17.3. The highest BCUT2D eigenvalue weighted by Crippen LogP contribution is 2.29. The molecule has 2 heterocycles. The van der Waals surface area contributed by atoms with Gasteiger partial charge in [0.25, 0.3) is 0 Å². The van der Waals surface area contributed by atoms with E-state index >= 15 is 0 Å². The number of amides is 1. The van der Waals surface area contributed by atoms with Crippen LogP contribution >= 0.6 is 11.7 Å². The summed E-state index contributed by atoms with van der Waals surface area (Å²) in [5.74, 6) is 0.939. The van der Waals surface area contributed by atoms with Gasteiger partial charge in [0.1, 0.15) is 21.7 Å². The van der Waals surface area contributed by atoms with Gasteiger partial charge in [-0.05, 0) is 55.9 Å². The molecule has 3 aromatic rings. The fourth-order valence-electron chi connectivity index (χ4n) is 3.66. The molecule has 1 aromatic carbocycles. The molecule has 2 aromatic heterocycles. The van der Waals surface area contributed by atoms with Gasteiger partial charge in [0.2, 0.25) is 15.9 Å². The lowest BCUT2D eigenvalue weighted by molar-refractivity contribution is -0.126. The van der Waals surface area contributed by atoms with Gasteiger partial charge in [-0.2, -0.15) is 8.75 Å². The van der Waals surface area contributed by atoms with Crippen LogP contribution in [0.1, 0.15) is 31.4 Å². The largest absolute Gasteiger partial charge is 0.467 e. The Morgan fingerprint density at radius 1 is 1.14 bits per heavy atom. The zero-order valence-electron chi connectivity index (χ0n) is 15.7. The van der Waals surface area contributed by atoms with Crippen molar-refractivity contribution in [2.45, 2.75) is 37.1 Å². The Labute approximate surface area is 173 Å². The number of sulfonamides is 1. The second-order valence-corrected chi connectivity index (χ2v) is 9.52. The minimum Gasteiger partial charge on any atom is -0.467 e. The van der Waals surface area contributed by atoms with E-state index in [0.29, 0.717) is 24.1 Å². The standard InChI is InChI=1S/C19H22N4O4S2/c24-19(20-12-15-3-2-10-27-15)14-8-6-13(7-9-14)11-21-29(25,26)17-5-1-4-16-18(17)23-28-22-16/h1-5,10,13-14,21H,6-9,11-12H2,(H,20,24). The Balaban J connectivity index is 1.27. The molecule has 0 spiro atoms. The summed E-state index contributed by atoms with van der Waals surface area (Å²) in [5.41, 5.74) is 0.987.